The molecule has 0 nitrogen and oxygen atoms in total. The van der Waals surface area contributed by atoms with E-state index in [-0.39, 0.29) is 0 Å². The second-order valence-electron chi connectivity index (χ2n) is 10.2. The fraction of sp³-hybridized carbons (Fsp3) is 0.917. The number of allylic oxidation sites excluding steroid dienone is 2. The maximum Gasteiger partial charge on any atom is -0.0231 e. The monoisotopic (exact) mass is 332 g/mol. The van der Waals surface area contributed by atoms with Crippen molar-refractivity contribution < 1.29 is 0 Å². The Bertz CT molecular complexity index is 433. The molecule has 0 radical (unpaired) electrons. The van der Waals surface area contributed by atoms with Gasteiger partial charge in [0, 0.05) is 0 Å². The summed E-state index contributed by atoms with van der Waals surface area (Å²) in [6.45, 7) is 17.1. The molecular formula is C24H44. The van der Waals surface area contributed by atoms with E-state index < -0.39 is 0 Å². The van der Waals surface area contributed by atoms with E-state index in [9.17, 15) is 0 Å². The van der Waals surface area contributed by atoms with Gasteiger partial charge in [-0.25, -0.2) is 0 Å². The molecule has 2 rings (SSSR count). The largest absolute Gasteiger partial charge is 0.0710 e. The van der Waals surface area contributed by atoms with Gasteiger partial charge in [-0.15, -0.1) is 0 Å². The molecule has 0 N–H and O–H groups in total. The Labute approximate surface area is 152 Å². The highest BCUT2D eigenvalue weighted by molar-refractivity contribution is 5.21. The van der Waals surface area contributed by atoms with Gasteiger partial charge in [0.1, 0.15) is 0 Å². The van der Waals surface area contributed by atoms with E-state index in [0.717, 1.165) is 17.8 Å². The molecule has 0 heteroatoms. The van der Waals surface area contributed by atoms with Crippen LogP contribution in [0.25, 0.3) is 0 Å². The summed E-state index contributed by atoms with van der Waals surface area (Å²) in [5.74, 6) is 2.44. The van der Waals surface area contributed by atoms with Crippen molar-refractivity contribution in [3.63, 3.8) is 0 Å². The molecule has 0 saturated heterocycles. The summed E-state index contributed by atoms with van der Waals surface area (Å²) in [4.78, 5) is 0. The summed E-state index contributed by atoms with van der Waals surface area (Å²) in [5.41, 5.74) is 5.00. The summed E-state index contributed by atoms with van der Waals surface area (Å²) in [6.07, 6.45) is 14.3. The van der Waals surface area contributed by atoms with Crippen LogP contribution in [0.4, 0.5) is 0 Å². The molecule has 24 heavy (non-hydrogen) atoms. The van der Waals surface area contributed by atoms with Crippen LogP contribution in [0.3, 0.4) is 0 Å². The van der Waals surface area contributed by atoms with Gasteiger partial charge in [0.2, 0.25) is 0 Å². The Morgan fingerprint density at radius 1 is 0.875 bits per heavy atom. The minimum Gasteiger partial charge on any atom is -0.0710 e. The van der Waals surface area contributed by atoms with Gasteiger partial charge in [-0.1, -0.05) is 65.5 Å². The van der Waals surface area contributed by atoms with Crippen LogP contribution in [-0.2, 0) is 0 Å². The highest BCUT2D eigenvalue weighted by Crippen LogP contribution is 2.64. The lowest BCUT2D eigenvalue weighted by Crippen LogP contribution is -2.15. The van der Waals surface area contributed by atoms with E-state index in [1.54, 1.807) is 5.57 Å². The fourth-order valence-electron chi connectivity index (χ4n) is 4.51. The van der Waals surface area contributed by atoms with Crippen LogP contribution >= 0.6 is 0 Å². The SMILES string of the molecule is CCC(C)CCC(C)C(C)=C(CC1(CC2(C)CC2)CC1)C(C)CC. The molecule has 0 bridgehead atoms. The maximum atomic E-state index is 2.53. The molecule has 140 valence electrons. The van der Waals surface area contributed by atoms with E-state index in [1.807, 2.05) is 5.57 Å². The average Bonchev–Trinajstić information content (AvgIpc) is 3.48. The zero-order valence-corrected chi connectivity index (χ0v) is 17.8. The van der Waals surface area contributed by atoms with Crippen molar-refractivity contribution in [1.82, 2.24) is 0 Å². The summed E-state index contributed by atoms with van der Waals surface area (Å²) >= 11 is 0. The molecule has 3 atom stereocenters. The van der Waals surface area contributed by atoms with E-state index in [1.165, 1.54) is 64.2 Å². The minimum atomic E-state index is 0.696. The first kappa shape index (κ1) is 20.1. The van der Waals surface area contributed by atoms with Crippen molar-refractivity contribution in [2.75, 3.05) is 0 Å². The van der Waals surface area contributed by atoms with Gasteiger partial charge < -0.3 is 0 Å². The average molecular weight is 333 g/mol. The van der Waals surface area contributed by atoms with E-state index >= 15 is 0 Å². The predicted octanol–water partition coefficient (Wildman–Crippen LogP) is 8.17. The molecule has 2 fully saturated rings. The Morgan fingerprint density at radius 3 is 1.96 bits per heavy atom. The first-order valence-corrected chi connectivity index (χ1v) is 10.9. The standard InChI is InChI=1S/C24H44/c1-8-18(3)10-11-20(5)21(6)22(19(4)9-2)16-24(14-15-24)17-23(7)12-13-23/h18-20H,8-17H2,1-7H3. The van der Waals surface area contributed by atoms with Gasteiger partial charge in [-0.05, 0) is 86.9 Å². The van der Waals surface area contributed by atoms with Crippen molar-refractivity contribution in [3.8, 4) is 0 Å². The van der Waals surface area contributed by atoms with Gasteiger partial charge in [0.25, 0.3) is 0 Å². The van der Waals surface area contributed by atoms with E-state index in [0.29, 0.717) is 10.8 Å². The molecule has 0 heterocycles. The fourth-order valence-corrected chi connectivity index (χ4v) is 4.51. The topological polar surface area (TPSA) is 0 Å². The predicted molar refractivity (Wildman–Crippen MR) is 108 cm³/mol. The Hall–Kier alpha value is -0.260. The number of hydrogen-bond acceptors (Lipinski definition) is 0. The van der Waals surface area contributed by atoms with Gasteiger partial charge in [0.15, 0.2) is 0 Å². The normalized spacial score (nSPS) is 25.6. The second kappa shape index (κ2) is 7.96. The molecule has 0 spiro atoms. The van der Waals surface area contributed by atoms with Crippen LogP contribution in [0.1, 0.15) is 113 Å². The summed E-state index contributed by atoms with van der Waals surface area (Å²) in [5, 5.41) is 0. The van der Waals surface area contributed by atoms with Crippen molar-refractivity contribution in [1.29, 1.82) is 0 Å². The Kier molecular flexibility index (Phi) is 6.65. The van der Waals surface area contributed by atoms with Crippen LogP contribution < -0.4 is 0 Å². The van der Waals surface area contributed by atoms with E-state index in [2.05, 4.69) is 48.5 Å². The lowest BCUT2D eigenvalue weighted by atomic mass is 9.77. The minimum absolute atomic E-state index is 0.696. The summed E-state index contributed by atoms with van der Waals surface area (Å²) < 4.78 is 0. The molecule has 0 amide bonds. The molecule has 0 aromatic carbocycles. The molecular weight excluding hydrogens is 288 g/mol. The van der Waals surface area contributed by atoms with Crippen molar-refractivity contribution in [3.05, 3.63) is 11.1 Å². The zero-order valence-electron chi connectivity index (χ0n) is 17.8. The zero-order chi connectivity index (χ0) is 18.0. The molecule has 2 aliphatic carbocycles. The highest BCUT2D eigenvalue weighted by atomic mass is 14.6. The third-order valence-electron chi connectivity index (χ3n) is 7.67. The first-order valence-electron chi connectivity index (χ1n) is 10.9. The van der Waals surface area contributed by atoms with Crippen LogP contribution in [0.15, 0.2) is 11.1 Å². The van der Waals surface area contributed by atoms with Gasteiger partial charge in [0.05, 0.1) is 0 Å². The van der Waals surface area contributed by atoms with Crippen LogP contribution in [0, 0.1) is 28.6 Å². The molecule has 0 aliphatic heterocycles. The van der Waals surface area contributed by atoms with Gasteiger partial charge in [-0.3, -0.25) is 0 Å². The molecule has 2 saturated carbocycles. The van der Waals surface area contributed by atoms with Crippen LogP contribution in [0.5, 0.6) is 0 Å². The molecule has 3 unspecified atom stereocenters. The third-order valence-corrected chi connectivity index (χ3v) is 7.67. The van der Waals surface area contributed by atoms with Gasteiger partial charge in [-0.2, -0.15) is 0 Å². The van der Waals surface area contributed by atoms with Gasteiger partial charge >= 0.3 is 0 Å². The summed E-state index contributed by atoms with van der Waals surface area (Å²) in [7, 11) is 0. The Balaban J connectivity index is 2.05. The number of rotatable bonds is 11. The first-order chi connectivity index (χ1) is 11.2. The van der Waals surface area contributed by atoms with Crippen LogP contribution in [0.2, 0.25) is 0 Å². The lowest BCUT2D eigenvalue weighted by molar-refractivity contribution is 0.338. The maximum absolute atomic E-state index is 2.53. The number of hydrogen-bond donors (Lipinski definition) is 0. The lowest BCUT2D eigenvalue weighted by Gasteiger charge is -2.28. The van der Waals surface area contributed by atoms with E-state index in [4.69, 9.17) is 0 Å². The Morgan fingerprint density at radius 2 is 1.50 bits per heavy atom. The molecule has 0 aromatic heterocycles. The molecule has 0 aromatic rings. The smallest absolute Gasteiger partial charge is 0.0231 e. The van der Waals surface area contributed by atoms with Crippen molar-refractivity contribution >= 4 is 0 Å². The second-order valence-corrected chi connectivity index (χ2v) is 10.2. The third kappa shape index (κ3) is 5.37. The van der Waals surface area contributed by atoms with Crippen molar-refractivity contribution in [2.24, 2.45) is 28.6 Å². The van der Waals surface area contributed by atoms with Crippen molar-refractivity contribution in [2.45, 2.75) is 113 Å². The quantitative estimate of drug-likeness (QED) is 0.335. The highest BCUT2D eigenvalue weighted by Gasteiger charge is 2.51. The molecule has 2 aliphatic rings. The summed E-state index contributed by atoms with van der Waals surface area (Å²) in [6, 6.07) is 0. The van der Waals surface area contributed by atoms with Crippen LogP contribution in [-0.4, -0.2) is 0 Å².